The van der Waals surface area contributed by atoms with E-state index in [1.807, 2.05) is 0 Å². The fourth-order valence-electron chi connectivity index (χ4n) is 2.40. The summed E-state index contributed by atoms with van der Waals surface area (Å²) >= 11 is 0. The summed E-state index contributed by atoms with van der Waals surface area (Å²) in [7, 11) is -3.46. The number of nitrogens with one attached hydrogen (secondary N) is 2. The van der Waals surface area contributed by atoms with Crippen molar-refractivity contribution < 1.29 is 13.2 Å². The van der Waals surface area contributed by atoms with E-state index in [0.717, 1.165) is 25.7 Å². The zero-order valence-corrected chi connectivity index (χ0v) is 12.4. The molecular formula is C14H20N2O3S. The van der Waals surface area contributed by atoms with Crippen molar-refractivity contribution in [1.82, 2.24) is 10.0 Å². The molecule has 1 amide bonds. The highest BCUT2D eigenvalue weighted by atomic mass is 32.2. The minimum Gasteiger partial charge on any atom is -0.349 e. The van der Waals surface area contributed by atoms with Crippen molar-refractivity contribution in [1.29, 1.82) is 0 Å². The minimum atomic E-state index is -3.46. The summed E-state index contributed by atoms with van der Waals surface area (Å²) in [6.07, 6.45) is 4.37. The summed E-state index contributed by atoms with van der Waals surface area (Å²) < 4.78 is 26.0. The van der Waals surface area contributed by atoms with E-state index in [9.17, 15) is 13.2 Å². The Bertz CT molecular complexity index is 561. The lowest BCUT2D eigenvalue weighted by molar-refractivity contribution is 0.0938. The van der Waals surface area contributed by atoms with Gasteiger partial charge in [-0.3, -0.25) is 4.79 Å². The normalized spacial score (nSPS) is 16.2. The van der Waals surface area contributed by atoms with Crippen molar-refractivity contribution in [2.75, 3.05) is 6.54 Å². The molecule has 0 unspecified atom stereocenters. The maximum absolute atomic E-state index is 12.0. The molecule has 1 saturated carbocycles. The van der Waals surface area contributed by atoms with Gasteiger partial charge in [0.1, 0.15) is 0 Å². The van der Waals surface area contributed by atoms with E-state index >= 15 is 0 Å². The fraction of sp³-hybridized carbons (Fsp3) is 0.500. The molecule has 0 aliphatic heterocycles. The van der Waals surface area contributed by atoms with Gasteiger partial charge in [0.15, 0.2) is 0 Å². The number of carbonyl (C=O) groups is 1. The van der Waals surface area contributed by atoms with E-state index < -0.39 is 10.0 Å². The van der Waals surface area contributed by atoms with E-state index in [1.54, 1.807) is 19.1 Å². The van der Waals surface area contributed by atoms with Crippen LogP contribution in [0.25, 0.3) is 0 Å². The van der Waals surface area contributed by atoms with E-state index in [4.69, 9.17) is 0 Å². The summed E-state index contributed by atoms with van der Waals surface area (Å²) in [5.74, 6) is -0.135. The Balaban J connectivity index is 2.05. The van der Waals surface area contributed by atoms with Gasteiger partial charge in [0, 0.05) is 18.2 Å². The Morgan fingerprint density at radius 3 is 2.35 bits per heavy atom. The van der Waals surface area contributed by atoms with Gasteiger partial charge in [-0.2, -0.15) is 0 Å². The summed E-state index contributed by atoms with van der Waals surface area (Å²) in [6.45, 7) is 2.06. The molecule has 0 saturated heterocycles. The zero-order valence-electron chi connectivity index (χ0n) is 11.6. The monoisotopic (exact) mass is 296 g/mol. The van der Waals surface area contributed by atoms with Gasteiger partial charge in [0.25, 0.3) is 5.91 Å². The first-order valence-corrected chi connectivity index (χ1v) is 8.42. The second kappa shape index (κ2) is 6.37. The number of carbonyl (C=O) groups excluding carboxylic acids is 1. The molecule has 2 N–H and O–H groups in total. The van der Waals surface area contributed by atoms with Crippen molar-refractivity contribution in [2.24, 2.45) is 0 Å². The Kier molecular flexibility index (Phi) is 4.77. The van der Waals surface area contributed by atoms with E-state index in [0.29, 0.717) is 12.1 Å². The van der Waals surface area contributed by atoms with Gasteiger partial charge in [-0.25, -0.2) is 13.1 Å². The highest BCUT2D eigenvalue weighted by molar-refractivity contribution is 7.89. The van der Waals surface area contributed by atoms with Crippen LogP contribution in [-0.4, -0.2) is 26.9 Å². The molecule has 5 nitrogen and oxygen atoms in total. The summed E-state index contributed by atoms with van der Waals surface area (Å²) in [5.41, 5.74) is 0.493. The van der Waals surface area contributed by atoms with Crippen LogP contribution in [0.5, 0.6) is 0 Å². The first kappa shape index (κ1) is 15.0. The van der Waals surface area contributed by atoms with Gasteiger partial charge >= 0.3 is 0 Å². The largest absolute Gasteiger partial charge is 0.349 e. The molecule has 20 heavy (non-hydrogen) atoms. The van der Waals surface area contributed by atoms with Crippen LogP contribution < -0.4 is 10.0 Å². The molecular weight excluding hydrogens is 276 g/mol. The molecule has 1 aromatic rings. The van der Waals surface area contributed by atoms with E-state index in [1.165, 1.54) is 12.1 Å². The van der Waals surface area contributed by atoms with Crippen LogP contribution in [0.15, 0.2) is 29.2 Å². The molecule has 0 aromatic heterocycles. The molecule has 1 aliphatic rings. The van der Waals surface area contributed by atoms with Crippen LogP contribution in [0.1, 0.15) is 43.0 Å². The van der Waals surface area contributed by atoms with Crippen LogP contribution in [0.4, 0.5) is 0 Å². The van der Waals surface area contributed by atoms with Crippen LogP contribution in [-0.2, 0) is 10.0 Å². The number of amides is 1. The van der Waals surface area contributed by atoms with Crippen molar-refractivity contribution in [3.05, 3.63) is 29.8 Å². The Morgan fingerprint density at radius 2 is 1.80 bits per heavy atom. The molecule has 6 heteroatoms. The summed E-state index contributed by atoms with van der Waals surface area (Å²) in [5, 5.41) is 2.97. The summed E-state index contributed by atoms with van der Waals surface area (Å²) in [6, 6.07) is 6.28. The Labute approximate surface area is 119 Å². The third kappa shape index (κ3) is 3.58. The van der Waals surface area contributed by atoms with Gasteiger partial charge < -0.3 is 5.32 Å². The third-order valence-corrected chi connectivity index (χ3v) is 5.01. The third-order valence-electron chi connectivity index (χ3n) is 3.45. The molecule has 1 aliphatic carbocycles. The first-order valence-electron chi connectivity index (χ1n) is 6.93. The van der Waals surface area contributed by atoms with E-state index in [2.05, 4.69) is 10.0 Å². The smallest absolute Gasteiger partial charge is 0.251 e. The highest BCUT2D eigenvalue weighted by Crippen LogP contribution is 2.18. The Hall–Kier alpha value is -1.40. The second-order valence-electron chi connectivity index (χ2n) is 4.98. The number of benzene rings is 1. The van der Waals surface area contributed by atoms with Crippen molar-refractivity contribution >= 4 is 15.9 Å². The molecule has 0 heterocycles. The molecule has 0 spiro atoms. The molecule has 0 atom stereocenters. The topological polar surface area (TPSA) is 75.3 Å². The van der Waals surface area contributed by atoms with Gasteiger partial charge in [-0.1, -0.05) is 19.8 Å². The molecule has 1 fully saturated rings. The van der Waals surface area contributed by atoms with Crippen molar-refractivity contribution in [3.63, 3.8) is 0 Å². The maximum Gasteiger partial charge on any atom is 0.251 e. The molecule has 110 valence electrons. The number of sulfonamides is 1. The van der Waals surface area contributed by atoms with Gasteiger partial charge in [-0.05, 0) is 37.1 Å². The van der Waals surface area contributed by atoms with Gasteiger partial charge in [0.2, 0.25) is 10.0 Å². The lowest BCUT2D eigenvalue weighted by Crippen LogP contribution is -2.32. The summed E-state index contributed by atoms with van der Waals surface area (Å²) in [4.78, 5) is 12.2. The quantitative estimate of drug-likeness (QED) is 0.867. The standard InChI is InChI=1S/C14H20N2O3S/c1-2-15-20(18,19)13-9-7-11(8-10-13)14(17)16-12-5-3-4-6-12/h7-10,12,15H,2-6H2,1H3,(H,16,17). The predicted molar refractivity (Wildman–Crippen MR) is 77.0 cm³/mol. The predicted octanol–water partition coefficient (Wildman–Crippen LogP) is 1.66. The number of hydrogen-bond acceptors (Lipinski definition) is 3. The lowest BCUT2D eigenvalue weighted by Gasteiger charge is -2.12. The van der Waals surface area contributed by atoms with Crippen LogP contribution in [0.2, 0.25) is 0 Å². The second-order valence-corrected chi connectivity index (χ2v) is 6.75. The average molecular weight is 296 g/mol. The average Bonchev–Trinajstić information content (AvgIpc) is 2.91. The highest BCUT2D eigenvalue weighted by Gasteiger charge is 2.18. The number of rotatable bonds is 5. The van der Waals surface area contributed by atoms with Crippen molar-refractivity contribution in [3.8, 4) is 0 Å². The number of hydrogen-bond donors (Lipinski definition) is 2. The molecule has 0 bridgehead atoms. The van der Waals surface area contributed by atoms with Gasteiger partial charge in [-0.15, -0.1) is 0 Å². The van der Waals surface area contributed by atoms with Crippen LogP contribution in [0, 0.1) is 0 Å². The molecule has 0 radical (unpaired) electrons. The Morgan fingerprint density at radius 1 is 1.20 bits per heavy atom. The minimum absolute atomic E-state index is 0.135. The first-order chi connectivity index (χ1) is 9.53. The van der Waals surface area contributed by atoms with Crippen molar-refractivity contribution in [2.45, 2.75) is 43.5 Å². The zero-order chi connectivity index (χ0) is 14.6. The SMILES string of the molecule is CCNS(=O)(=O)c1ccc(C(=O)NC2CCCC2)cc1. The molecule has 2 rings (SSSR count). The fourth-order valence-corrected chi connectivity index (χ4v) is 3.44. The maximum atomic E-state index is 12.0. The van der Waals surface area contributed by atoms with E-state index in [-0.39, 0.29) is 16.8 Å². The van der Waals surface area contributed by atoms with Crippen LogP contribution >= 0.6 is 0 Å². The lowest BCUT2D eigenvalue weighted by atomic mass is 10.2. The van der Waals surface area contributed by atoms with Crippen LogP contribution in [0.3, 0.4) is 0 Å². The van der Waals surface area contributed by atoms with Gasteiger partial charge in [0.05, 0.1) is 4.90 Å². The molecule has 1 aromatic carbocycles.